The molecule has 0 aromatic rings. The Morgan fingerprint density at radius 1 is 1.07 bits per heavy atom. The summed E-state index contributed by atoms with van der Waals surface area (Å²) in [6, 6.07) is -4.65. The predicted molar refractivity (Wildman–Crippen MR) is 86.9 cm³/mol. The largest absolute Gasteiger partial charge is 0.490 e. The van der Waals surface area contributed by atoms with Crippen molar-refractivity contribution in [3.8, 4) is 0 Å². The molecule has 0 bridgehead atoms. The number of amides is 3. The van der Waals surface area contributed by atoms with Crippen molar-refractivity contribution in [3.05, 3.63) is 0 Å². The van der Waals surface area contributed by atoms with Crippen LogP contribution in [0.4, 0.5) is 13.2 Å². The molecule has 166 valence electrons. The Kier molecular flexibility index (Phi) is 10.0. The van der Waals surface area contributed by atoms with E-state index < -0.39 is 73.2 Å². The van der Waals surface area contributed by atoms with Crippen molar-refractivity contribution in [1.29, 1.82) is 0 Å². The number of nitrogens with two attached hydrogens (primary N) is 1. The van der Waals surface area contributed by atoms with Gasteiger partial charge in [-0.15, -0.1) is 0 Å². The van der Waals surface area contributed by atoms with Crippen molar-refractivity contribution >= 4 is 29.7 Å². The normalized spacial score (nSPS) is 15.3. The molecule has 0 saturated heterocycles. The van der Waals surface area contributed by atoms with Crippen LogP contribution in [-0.4, -0.2) is 83.4 Å². The molecule has 0 fully saturated rings. The Bertz CT molecular complexity index is 641. The smallest absolute Gasteiger partial charge is 0.480 e. The fraction of sp³-hybridized carbons (Fsp3) is 0.643. The highest BCUT2D eigenvalue weighted by atomic mass is 19.4. The maximum atomic E-state index is 12.0. The Hall–Kier alpha value is -2.94. The van der Waals surface area contributed by atoms with Crippen LogP contribution < -0.4 is 21.7 Å². The van der Waals surface area contributed by atoms with Gasteiger partial charge in [0.2, 0.25) is 17.7 Å². The topological polar surface area (TPSA) is 197 Å². The number of carbonyl (C=O) groups excluding carboxylic acids is 4. The third-order valence-corrected chi connectivity index (χ3v) is 3.24. The van der Waals surface area contributed by atoms with E-state index in [4.69, 9.17) is 15.9 Å². The lowest BCUT2D eigenvalue weighted by molar-refractivity contribution is -0.200. The van der Waals surface area contributed by atoms with Gasteiger partial charge in [0, 0.05) is 0 Å². The lowest BCUT2D eigenvalue weighted by atomic mass is 10.2. The first-order chi connectivity index (χ1) is 13.2. The molecule has 0 radical (unpaired) electrons. The van der Waals surface area contributed by atoms with Crippen molar-refractivity contribution in [2.45, 2.75) is 44.3 Å². The fourth-order valence-electron chi connectivity index (χ4n) is 1.57. The number of alkyl halides is 3. The quantitative estimate of drug-likeness (QED) is 0.195. The molecule has 0 aliphatic rings. The monoisotopic (exact) mass is 430 g/mol. The van der Waals surface area contributed by atoms with Crippen molar-refractivity contribution in [2.24, 2.45) is 5.73 Å². The van der Waals surface area contributed by atoms with Crippen LogP contribution in [0.1, 0.15) is 13.8 Å². The molecule has 3 amide bonds. The van der Waals surface area contributed by atoms with Crippen molar-refractivity contribution in [1.82, 2.24) is 16.0 Å². The minimum absolute atomic E-state index is 0.623. The highest BCUT2D eigenvalue weighted by Gasteiger charge is 2.41. The number of aliphatic hydroxyl groups excluding tert-OH is 1. The predicted octanol–water partition coefficient (Wildman–Crippen LogP) is -3.01. The molecule has 0 aromatic heterocycles. The van der Waals surface area contributed by atoms with Gasteiger partial charge in [0.15, 0.2) is 6.04 Å². The minimum atomic E-state index is -5.34. The van der Waals surface area contributed by atoms with Crippen LogP contribution in [0.2, 0.25) is 0 Å². The lowest BCUT2D eigenvalue weighted by Gasteiger charge is -2.19. The average molecular weight is 430 g/mol. The van der Waals surface area contributed by atoms with E-state index in [1.165, 1.54) is 6.92 Å². The molecule has 0 saturated carbocycles. The number of aliphatic carboxylic acids is 1. The number of carbonyl (C=O) groups is 5. The number of halogens is 3. The highest BCUT2D eigenvalue weighted by molar-refractivity contribution is 5.92. The van der Waals surface area contributed by atoms with Gasteiger partial charge in [-0.1, -0.05) is 0 Å². The van der Waals surface area contributed by atoms with E-state index in [1.807, 2.05) is 0 Å². The molecule has 0 rings (SSSR count). The fourth-order valence-corrected chi connectivity index (χ4v) is 1.57. The molecule has 0 spiro atoms. The second-order valence-corrected chi connectivity index (χ2v) is 5.77. The molecule has 0 aromatic carbocycles. The second-order valence-electron chi connectivity index (χ2n) is 5.77. The van der Waals surface area contributed by atoms with Gasteiger partial charge in [-0.25, -0.2) is 9.59 Å². The number of esters is 1. The van der Waals surface area contributed by atoms with Crippen molar-refractivity contribution < 1.29 is 52.1 Å². The van der Waals surface area contributed by atoms with Crippen LogP contribution in [0, 0.1) is 0 Å². The van der Waals surface area contributed by atoms with Gasteiger partial charge in [0.1, 0.15) is 18.7 Å². The number of aliphatic hydroxyl groups is 1. The van der Waals surface area contributed by atoms with Crippen LogP contribution >= 0.6 is 0 Å². The first kappa shape index (κ1) is 26.1. The Morgan fingerprint density at radius 2 is 1.62 bits per heavy atom. The first-order valence-corrected chi connectivity index (χ1v) is 7.94. The van der Waals surface area contributed by atoms with Crippen molar-refractivity contribution in [2.75, 3.05) is 13.2 Å². The zero-order valence-electron chi connectivity index (χ0n) is 15.3. The summed E-state index contributed by atoms with van der Waals surface area (Å²) in [4.78, 5) is 56.6. The summed E-state index contributed by atoms with van der Waals surface area (Å²) in [6.45, 7) is 0.453. The molecule has 0 unspecified atom stereocenters. The second kappa shape index (κ2) is 11.2. The van der Waals surface area contributed by atoms with Gasteiger partial charge < -0.3 is 36.6 Å². The third-order valence-electron chi connectivity index (χ3n) is 3.24. The van der Waals surface area contributed by atoms with Gasteiger partial charge in [-0.05, 0) is 13.8 Å². The van der Waals surface area contributed by atoms with E-state index >= 15 is 0 Å². The molecule has 0 heterocycles. The van der Waals surface area contributed by atoms with Gasteiger partial charge in [0.25, 0.3) is 0 Å². The number of hydrogen-bond donors (Lipinski definition) is 6. The number of rotatable bonds is 10. The van der Waals surface area contributed by atoms with Gasteiger partial charge in [-0.3, -0.25) is 14.4 Å². The third kappa shape index (κ3) is 9.70. The summed E-state index contributed by atoms with van der Waals surface area (Å²) in [5.41, 5.74) is 5.34. The lowest BCUT2D eigenvalue weighted by Crippen LogP contribution is -2.54. The first-order valence-electron chi connectivity index (χ1n) is 7.94. The molecule has 7 N–H and O–H groups in total. The van der Waals surface area contributed by atoms with Crippen LogP contribution in [0.15, 0.2) is 0 Å². The van der Waals surface area contributed by atoms with E-state index in [-0.39, 0.29) is 0 Å². The molecular formula is C14H21F3N4O8. The number of ether oxygens (including phenoxy) is 1. The minimum Gasteiger partial charge on any atom is -0.480 e. The zero-order chi connectivity index (χ0) is 22.9. The average Bonchev–Trinajstić information content (AvgIpc) is 2.60. The summed E-state index contributed by atoms with van der Waals surface area (Å²) < 4.78 is 39.9. The maximum absolute atomic E-state index is 12.0. The summed E-state index contributed by atoms with van der Waals surface area (Å²) in [5.74, 6) is -7.25. The molecule has 0 aliphatic heterocycles. The maximum Gasteiger partial charge on any atom is 0.490 e. The zero-order valence-corrected chi connectivity index (χ0v) is 15.3. The molecular weight excluding hydrogens is 409 g/mol. The van der Waals surface area contributed by atoms with Crippen LogP contribution in [0.3, 0.4) is 0 Å². The van der Waals surface area contributed by atoms with E-state index in [0.29, 0.717) is 0 Å². The van der Waals surface area contributed by atoms with Crippen LogP contribution in [-0.2, 0) is 28.7 Å². The molecule has 15 heteroatoms. The van der Waals surface area contributed by atoms with E-state index in [2.05, 4.69) is 15.4 Å². The Labute approximate surface area is 161 Å². The summed E-state index contributed by atoms with van der Waals surface area (Å²) in [5, 5.41) is 24.0. The van der Waals surface area contributed by atoms with E-state index in [9.17, 15) is 37.1 Å². The van der Waals surface area contributed by atoms with E-state index in [1.54, 1.807) is 5.32 Å². The Morgan fingerprint density at radius 3 is 2.07 bits per heavy atom. The van der Waals surface area contributed by atoms with E-state index in [0.717, 1.165) is 6.92 Å². The SMILES string of the molecule is C[C@H](NC(=O)CNC(=O)[C@@H](N)[C@H](C)O)C(=O)N[C@@H](COC(=O)C(F)(F)F)C(=O)O. The number of hydrogen-bond acceptors (Lipinski definition) is 8. The molecule has 29 heavy (non-hydrogen) atoms. The van der Waals surface area contributed by atoms with Crippen molar-refractivity contribution in [3.63, 3.8) is 0 Å². The van der Waals surface area contributed by atoms with Crippen LogP contribution in [0.5, 0.6) is 0 Å². The Balaban J connectivity index is 4.60. The van der Waals surface area contributed by atoms with Gasteiger partial charge in [-0.2, -0.15) is 13.2 Å². The molecule has 12 nitrogen and oxygen atoms in total. The summed E-state index contributed by atoms with van der Waals surface area (Å²) >= 11 is 0. The number of carboxylic acid groups (broad SMARTS) is 1. The number of nitrogens with one attached hydrogen (secondary N) is 3. The number of carboxylic acids is 1. The summed E-state index contributed by atoms with van der Waals surface area (Å²) in [7, 11) is 0. The highest BCUT2D eigenvalue weighted by Crippen LogP contribution is 2.16. The summed E-state index contributed by atoms with van der Waals surface area (Å²) in [6.07, 6.45) is -6.52. The van der Waals surface area contributed by atoms with Crippen LogP contribution in [0.25, 0.3) is 0 Å². The van der Waals surface area contributed by atoms with Gasteiger partial charge in [0.05, 0.1) is 12.6 Å². The molecule has 0 aliphatic carbocycles. The van der Waals surface area contributed by atoms with Gasteiger partial charge >= 0.3 is 18.1 Å². The molecule has 4 atom stereocenters. The standard InChI is InChI=1S/C14H21F3N4O8/c1-5(20-8(23)3-19-11(25)9(18)6(2)22)10(24)21-7(12(26)27)4-29-13(28)14(15,16)17/h5-7,9,22H,3-4,18H2,1-2H3,(H,19,25)(H,20,23)(H,21,24)(H,26,27)/t5-,6-,7-,9-/m0/s1.